The molecule has 0 radical (unpaired) electrons. The molecule has 0 bridgehead atoms. The Kier molecular flexibility index (Phi) is 6.65. The van der Waals surface area contributed by atoms with Gasteiger partial charge in [-0.25, -0.2) is 0 Å². The largest absolute Gasteiger partial charge is 0.333 e. The number of nitrogens with zero attached hydrogens (tertiary/aromatic N) is 1. The summed E-state index contributed by atoms with van der Waals surface area (Å²) in [6.07, 6.45) is 28.7. The molecule has 49 heavy (non-hydrogen) atoms. The molecule has 0 saturated carbocycles. The van der Waals surface area contributed by atoms with E-state index in [2.05, 4.69) is 175 Å². The maximum atomic E-state index is 2.56. The highest BCUT2D eigenvalue weighted by Gasteiger charge is 2.31. The smallest absolute Gasteiger partial charge is 0.0560 e. The molecule has 0 aliphatic heterocycles. The number of aromatic nitrogens is 1. The van der Waals surface area contributed by atoms with Gasteiger partial charge < -0.3 is 4.57 Å². The maximum absolute atomic E-state index is 2.56. The van der Waals surface area contributed by atoms with E-state index in [1.807, 2.05) is 0 Å². The summed E-state index contributed by atoms with van der Waals surface area (Å²) in [6, 6.07) is 39.2. The lowest BCUT2D eigenvalue weighted by atomic mass is 9.70. The fourth-order valence-corrected chi connectivity index (χ4v) is 8.84. The Morgan fingerprint density at radius 3 is 2.29 bits per heavy atom. The summed E-state index contributed by atoms with van der Waals surface area (Å²) >= 11 is 0. The van der Waals surface area contributed by atoms with Crippen LogP contribution in [0.25, 0.3) is 54.8 Å². The lowest BCUT2D eigenvalue weighted by Crippen LogP contribution is -2.20. The summed E-state index contributed by atoms with van der Waals surface area (Å²) < 4.78 is 2.56. The monoisotopic (exact) mass is 627 g/mol. The first-order valence-electron chi connectivity index (χ1n) is 17.8. The number of rotatable bonds is 4. The van der Waals surface area contributed by atoms with Gasteiger partial charge in [-0.15, -0.1) is 0 Å². The molecule has 0 spiro atoms. The SMILES string of the molecule is C1=CCC(n2c(-c3ccc(C4C=C5C=CCCC5=C5C=CC=CC54)cc3)cc3cc(-c4cc5ccccc5c5ccccc45)ccc32)C=C1. The summed E-state index contributed by atoms with van der Waals surface area (Å²) in [5.74, 6) is 0.736. The fourth-order valence-electron chi connectivity index (χ4n) is 8.84. The van der Waals surface area contributed by atoms with Crippen molar-refractivity contribution in [2.45, 2.75) is 31.2 Å². The quantitative estimate of drug-likeness (QED) is 0.171. The highest BCUT2D eigenvalue weighted by molar-refractivity contribution is 6.14. The number of hydrogen-bond donors (Lipinski definition) is 0. The van der Waals surface area contributed by atoms with Crippen molar-refractivity contribution in [1.29, 1.82) is 0 Å². The second-order valence-electron chi connectivity index (χ2n) is 13.9. The van der Waals surface area contributed by atoms with Gasteiger partial charge in [0, 0.05) is 28.4 Å². The van der Waals surface area contributed by atoms with Crippen LogP contribution < -0.4 is 0 Å². The molecule has 4 aliphatic carbocycles. The van der Waals surface area contributed by atoms with Crippen molar-refractivity contribution < 1.29 is 0 Å². The minimum Gasteiger partial charge on any atom is -0.333 e. The lowest BCUT2D eigenvalue weighted by Gasteiger charge is -2.34. The average molecular weight is 628 g/mol. The first kappa shape index (κ1) is 28.4. The van der Waals surface area contributed by atoms with Gasteiger partial charge in [-0.3, -0.25) is 0 Å². The predicted molar refractivity (Wildman–Crippen MR) is 208 cm³/mol. The topological polar surface area (TPSA) is 4.93 Å². The molecule has 1 heteroatoms. The second kappa shape index (κ2) is 11.5. The van der Waals surface area contributed by atoms with Gasteiger partial charge in [0.15, 0.2) is 0 Å². The Morgan fingerprint density at radius 2 is 1.41 bits per heavy atom. The van der Waals surface area contributed by atoms with Crippen LogP contribution in [0.3, 0.4) is 0 Å². The Hall–Kier alpha value is -5.66. The molecule has 1 aromatic heterocycles. The molecule has 6 aromatic rings. The highest BCUT2D eigenvalue weighted by atomic mass is 15.0. The summed E-state index contributed by atoms with van der Waals surface area (Å²) in [4.78, 5) is 0. The van der Waals surface area contributed by atoms with Gasteiger partial charge in [-0.2, -0.15) is 0 Å². The lowest BCUT2D eigenvalue weighted by molar-refractivity contribution is 0.634. The van der Waals surface area contributed by atoms with Gasteiger partial charge in [0.2, 0.25) is 0 Å². The summed E-state index contributed by atoms with van der Waals surface area (Å²) in [5.41, 5.74) is 12.2. The zero-order chi connectivity index (χ0) is 32.3. The van der Waals surface area contributed by atoms with E-state index in [1.54, 1.807) is 0 Å². The summed E-state index contributed by atoms with van der Waals surface area (Å²) in [5, 5.41) is 6.46. The highest BCUT2D eigenvalue weighted by Crippen LogP contribution is 2.46. The van der Waals surface area contributed by atoms with Crippen molar-refractivity contribution in [3.63, 3.8) is 0 Å². The van der Waals surface area contributed by atoms with Crippen LogP contribution in [0.2, 0.25) is 0 Å². The molecule has 4 aliphatic rings. The Labute approximate surface area is 287 Å². The van der Waals surface area contributed by atoms with Crippen LogP contribution in [0.15, 0.2) is 187 Å². The van der Waals surface area contributed by atoms with Crippen molar-refractivity contribution in [2.24, 2.45) is 5.92 Å². The second-order valence-corrected chi connectivity index (χ2v) is 13.9. The molecule has 3 atom stereocenters. The molecule has 3 unspecified atom stereocenters. The standard InChI is InChI=1S/C48H37N/c1-2-14-38(15-3-1)49-47-27-26-36(46-30-35-13-5-7-17-40(35)42-19-9-11-21-44(42)46)28-37(47)31-48(49)33-24-22-32(23-25-33)45-29-34-12-4-6-16-39(34)41-18-8-10-20-43(41)45/h1-5,7-14,17-31,38,43,45H,6,15-16H2. The van der Waals surface area contributed by atoms with Crippen LogP contribution in [-0.4, -0.2) is 4.57 Å². The summed E-state index contributed by atoms with van der Waals surface area (Å²) in [6.45, 7) is 0. The van der Waals surface area contributed by atoms with Gasteiger partial charge in [0.05, 0.1) is 6.04 Å². The number of fused-ring (bicyclic) bond motifs is 6. The molecule has 0 saturated heterocycles. The Morgan fingerprint density at radius 1 is 0.592 bits per heavy atom. The third kappa shape index (κ3) is 4.68. The van der Waals surface area contributed by atoms with Crippen molar-refractivity contribution in [3.05, 3.63) is 192 Å². The van der Waals surface area contributed by atoms with Crippen LogP contribution >= 0.6 is 0 Å². The molecule has 0 fully saturated rings. The Bertz CT molecular complexity index is 2520. The maximum Gasteiger partial charge on any atom is 0.0560 e. The minimum atomic E-state index is 0.274. The minimum absolute atomic E-state index is 0.274. The molecule has 1 heterocycles. The van der Waals surface area contributed by atoms with Gasteiger partial charge in [-0.05, 0) is 104 Å². The van der Waals surface area contributed by atoms with E-state index in [1.165, 1.54) is 77.1 Å². The molecule has 10 rings (SSSR count). The van der Waals surface area contributed by atoms with Gasteiger partial charge in [0.1, 0.15) is 0 Å². The number of benzene rings is 5. The zero-order valence-corrected chi connectivity index (χ0v) is 27.5. The fraction of sp³-hybridized carbons (Fsp3) is 0.125. The van der Waals surface area contributed by atoms with E-state index < -0.39 is 0 Å². The van der Waals surface area contributed by atoms with Crippen LogP contribution in [0.1, 0.15) is 36.8 Å². The van der Waals surface area contributed by atoms with E-state index in [0.717, 1.165) is 19.3 Å². The molecule has 0 amide bonds. The van der Waals surface area contributed by atoms with Crippen molar-refractivity contribution in [3.8, 4) is 22.4 Å². The van der Waals surface area contributed by atoms with Crippen LogP contribution in [0.4, 0.5) is 0 Å². The first-order chi connectivity index (χ1) is 24.3. The van der Waals surface area contributed by atoms with Crippen LogP contribution in [-0.2, 0) is 0 Å². The normalized spacial score (nSPS) is 21.1. The number of allylic oxidation sites excluding steroid dienone is 14. The third-order valence-corrected chi connectivity index (χ3v) is 11.2. The molecule has 5 aromatic carbocycles. The molecular weight excluding hydrogens is 591 g/mol. The van der Waals surface area contributed by atoms with Gasteiger partial charge >= 0.3 is 0 Å². The van der Waals surface area contributed by atoms with Crippen molar-refractivity contribution in [1.82, 2.24) is 4.57 Å². The van der Waals surface area contributed by atoms with Gasteiger partial charge in [-0.1, -0.05) is 146 Å². The number of hydrogen-bond acceptors (Lipinski definition) is 0. The van der Waals surface area contributed by atoms with Gasteiger partial charge in [0.25, 0.3) is 0 Å². The molecule has 234 valence electrons. The Balaban J connectivity index is 1.08. The van der Waals surface area contributed by atoms with E-state index in [0.29, 0.717) is 11.8 Å². The van der Waals surface area contributed by atoms with Crippen molar-refractivity contribution >= 4 is 32.4 Å². The van der Waals surface area contributed by atoms with E-state index in [9.17, 15) is 0 Å². The first-order valence-corrected chi connectivity index (χ1v) is 17.8. The zero-order valence-electron chi connectivity index (χ0n) is 27.5. The predicted octanol–water partition coefficient (Wildman–Crippen LogP) is 12.8. The molecule has 1 nitrogen and oxygen atoms in total. The molecular formula is C48H37N. The third-order valence-electron chi connectivity index (χ3n) is 11.2. The van der Waals surface area contributed by atoms with E-state index in [4.69, 9.17) is 0 Å². The molecule has 0 N–H and O–H groups in total. The van der Waals surface area contributed by atoms with Crippen molar-refractivity contribution in [2.75, 3.05) is 0 Å². The average Bonchev–Trinajstić information content (AvgIpc) is 3.57. The van der Waals surface area contributed by atoms with E-state index in [-0.39, 0.29) is 6.04 Å². The van der Waals surface area contributed by atoms with E-state index >= 15 is 0 Å². The van der Waals surface area contributed by atoms with Crippen LogP contribution in [0.5, 0.6) is 0 Å². The van der Waals surface area contributed by atoms with Crippen LogP contribution in [0, 0.1) is 5.92 Å². The summed E-state index contributed by atoms with van der Waals surface area (Å²) in [7, 11) is 0.